The molecule has 0 spiro atoms. The van der Waals surface area contributed by atoms with Crippen molar-refractivity contribution in [1.29, 1.82) is 0 Å². The predicted molar refractivity (Wildman–Crippen MR) is 87.5 cm³/mol. The highest BCUT2D eigenvalue weighted by Crippen LogP contribution is 2.37. The molecule has 0 saturated carbocycles. The number of aryl methyl sites for hydroxylation is 2. The molecule has 6 heteroatoms. The highest BCUT2D eigenvalue weighted by molar-refractivity contribution is 9.10. The van der Waals surface area contributed by atoms with Gasteiger partial charge < -0.3 is 4.74 Å². The quantitative estimate of drug-likeness (QED) is 0.449. The minimum absolute atomic E-state index is 0.316. The Bertz CT molecular complexity index is 661. The van der Waals surface area contributed by atoms with Gasteiger partial charge >= 0.3 is 0 Å². The van der Waals surface area contributed by atoms with Crippen LogP contribution in [0.15, 0.2) is 22.7 Å². The summed E-state index contributed by atoms with van der Waals surface area (Å²) < 4.78 is 6.51. The Labute approximate surface area is 141 Å². The molecule has 20 heavy (non-hydrogen) atoms. The zero-order chi connectivity index (χ0) is 14.9. The average molecular weight is 396 g/mol. The summed E-state index contributed by atoms with van der Waals surface area (Å²) in [6, 6.07) is 5.29. The topological polar surface area (TPSA) is 22.1 Å². The van der Waals surface area contributed by atoms with Gasteiger partial charge in [-0.25, -0.2) is 4.98 Å². The molecule has 0 saturated heterocycles. The summed E-state index contributed by atoms with van der Waals surface area (Å²) >= 11 is 21.5. The van der Waals surface area contributed by atoms with Crippen molar-refractivity contribution in [2.45, 2.75) is 19.7 Å². The second kappa shape index (κ2) is 6.52. The minimum atomic E-state index is 0.316. The molecule has 0 aliphatic carbocycles. The molecule has 1 heterocycles. The lowest BCUT2D eigenvalue weighted by Crippen LogP contribution is -1.98. The number of rotatable bonds is 3. The molecule has 2 rings (SSSR count). The van der Waals surface area contributed by atoms with Crippen LogP contribution in [0.3, 0.4) is 0 Å². The maximum Gasteiger partial charge on any atom is 0.224 e. The molecule has 0 aliphatic rings. The van der Waals surface area contributed by atoms with Gasteiger partial charge in [0, 0.05) is 21.8 Å². The van der Waals surface area contributed by atoms with Gasteiger partial charge in [0.2, 0.25) is 5.88 Å². The Morgan fingerprint density at radius 3 is 2.50 bits per heavy atom. The average Bonchev–Trinajstić information content (AvgIpc) is 2.35. The number of hydrogen-bond donors (Lipinski definition) is 0. The van der Waals surface area contributed by atoms with E-state index in [0.29, 0.717) is 32.0 Å². The van der Waals surface area contributed by atoms with Crippen LogP contribution in [-0.4, -0.2) is 4.98 Å². The maximum atomic E-state index is 6.15. The second-order valence-electron chi connectivity index (χ2n) is 4.30. The van der Waals surface area contributed by atoms with Gasteiger partial charge in [-0.05, 0) is 47.5 Å². The number of hydrogen-bond acceptors (Lipinski definition) is 2. The summed E-state index contributed by atoms with van der Waals surface area (Å²) in [4.78, 5) is 4.37. The minimum Gasteiger partial charge on any atom is -0.437 e. The van der Waals surface area contributed by atoms with E-state index < -0.39 is 0 Å². The van der Waals surface area contributed by atoms with Crippen molar-refractivity contribution in [3.8, 4) is 11.6 Å². The summed E-state index contributed by atoms with van der Waals surface area (Å²) in [5.41, 5.74) is 2.72. The lowest BCUT2D eigenvalue weighted by atomic mass is 10.1. The van der Waals surface area contributed by atoms with Gasteiger partial charge in [0.15, 0.2) is 0 Å². The zero-order valence-corrected chi connectivity index (χ0v) is 14.7. The Kier molecular flexibility index (Phi) is 5.19. The van der Waals surface area contributed by atoms with Gasteiger partial charge in [-0.1, -0.05) is 23.2 Å². The standard InChI is InChI=1S/C14H11BrCl3NO/c1-7-3-8(2)19-14(9(7)6-16)20-13-5-11(17)10(15)4-12(13)18/h3-5H,6H2,1-2H3. The van der Waals surface area contributed by atoms with Crippen LogP contribution in [0.2, 0.25) is 10.0 Å². The molecular weight excluding hydrogens is 384 g/mol. The third-order valence-corrected chi connectivity index (χ3v) is 4.51. The van der Waals surface area contributed by atoms with Crippen LogP contribution < -0.4 is 4.74 Å². The number of ether oxygens (including phenoxy) is 1. The molecule has 0 atom stereocenters. The molecule has 1 aromatic carbocycles. The van der Waals surface area contributed by atoms with Crippen molar-refractivity contribution in [2.75, 3.05) is 0 Å². The van der Waals surface area contributed by atoms with Crippen molar-refractivity contribution >= 4 is 50.7 Å². The predicted octanol–water partition coefficient (Wildman–Crippen LogP) is 6.30. The lowest BCUT2D eigenvalue weighted by Gasteiger charge is -2.13. The van der Waals surface area contributed by atoms with Crippen molar-refractivity contribution < 1.29 is 4.74 Å². The first kappa shape index (κ1) is 15.9. The van der Waals surface area contributed by atoms with E-state index in [9.17, 15) is 0 Å². The summed E-state index contributed by atoms with van der Waals surface area (Å²) in [5, 5.41) is 0.962. The fraction of sp³-hybridized carbons (Fsp3) is 0.214. The Morgan fingerprint density at radius 1 is 1.15 bits per heavy atom. The maximum absolute atomic E-state index is 6.15. The van der Waals surface area contributed by atoms with E-state index in [1.54, 1.807) is 12.1 Å². The normalized spacial score (nSPS) is 10.7. The van der Waals surface area contributed by atoms with Gasteiger partial charge in [-0.15, -0.1) is 11.6 Å². The smallest absolute Gasteiger partial charge is 0.224 e. The van der Waals surface area contributed by atoms with Crippen LogP contribution in [0, 0.1) is 13.8 Å². The van der Waals surface area contributed by atoms with Gasteiger partial charge in [-0.3, -0.25) is 0 Å². The summed E-state index contributed by atoms with van der Waals surface area (Å²) in [7, 11) is 0. The van der Waals surface area contributed by atoms with Gasteiger partial charge in [-0.2, -0.15) is 0 Å². The fourth-order valence-corrected chi connectivity index (χ4v) is 2.92. The zero-order valence-electron chi connectivity index (χ0n) is 10.8. The van der Waals surface area contributed by atoms with E-state index in [1.165, 1.54) is 0 Å². The van der Waals surface area contributed by atoms with E-state index in [1.807, 2.05) is 19.9 Å². The first-order chi connectivity index (χ1) is 9.42. The fourth-order valence-electron chi connectivity index (χ4n) is 1.76. The van der Waals surface area contributed by atoms with Crippen molar-refractivity contribution in [1.82, 2.24) is 4.98 Å². The Morgan fingerprint density at radius 2 is 1.85 bits per heavy atom. The van der Waals surface area contributed by atoms with Gasteiger partial charge in [0.05, 0.1) is 15.9 Å². The highest BCUT2D eigenvalue weighted by Gasteiger charge is 2.13. The van der Waals surface area contributed by atoms with Crippen LogP contribution >= 0.6 is 50.7 Å². The highest BCUT2D eigenvalue weighted by atomic mass is 79.9. The largest absolute Gasteiger partial charge is 0.437 e. The third-order valence-electron chi connectivity index (χ3n) is 2.75. The number of benzene rings is 1. The van der Waals surface area contributed by atoms with Crippen LogP contribution in [0.5, 0.6) is 11.6 Å². The molecule has 0 bridgehead atoms. The van der Waals surface area contributed by atoms with Crippen molar-refractivity contribution in [3.63, 3.8) is 0 Å². The molecule has 2 aromatic rings. The summed E-state index contributed by atoms with van der Waals surface area (Å²) in [6.07, 6.45) is 0. The molecular formula is C14H11BrCl3NO. The van der Waals surface area contributed by atoms with Crippen LogP contribution in [-0.2, 0) is 5.88 Å². The first-order valence-corrected chi connectivity index (χ1v) is 7.86. The van der Waals surface area contributed by atoms with Crippen molar-refractivity contribution in [2.24, 2.45) is 0 Å². The second-order valence-corrected chi connectivity index (χ2v) is 6.23. The number of pyridine rings is 1. The Balaban J connectivity index is 2.47. The molecule has 0 radical (unpaired) electrons. The number of halogens is 4. The van der Waals surface area contributed by atoms with Gasteiger partial charge in [0.25, 0.3) is 0 Å². The molecule has 0 N–H and O–H groups in total. The SMILES string of the molecule is Cc1cc(C)c(CCl)c(Oc2cc(Cl)c(Br)cc2Cl)n1. The molecule has 106 valence electrons. The molecule has 1 aromatic heterocycles. The van der Waals surface area contributed by atoms with E-state index >= 15 is 0 Å². The molecule has 0 aliphatic heterocycles. The monoisotopic (exact) mass is 393 g/mol. The van der Waals surface area contributed by atoms with E-state index in [2.05, 4.69) is 20.9 Å². The number of nitrogens with zero attached hydrogens (tertiary/aromatic N) is 1. The Hall–Kier alpha value is -0.480. The molecule has 2 nitrogen and oxygen atoms in total. The first-order valence-electron chi connectivity index (χ1n) is 5.78. The molecule has 0 unspecified atom stereocenters. The van der Waals surface area contributed by atoms with Gasteiger partial charge in [0.1, 0.15) is 5.75 Å². The summed E-state index contributed by atoms with van der Waals surface area (Å²) in [5.74, 6) is 1.22. The van der Waals surface area contributed by atoms with Crippen LogP contribution in [0.25, 0.3) is 0 Å². The lowest BCUT2D eigenvalue weighted by molar-refractivity contribution is 0.456. The summed E-state index contributed by atoms with van der Waals surface area (Å²) in [6.45, 7) is 3.86. The number of alkyl halides is 1. The van der Waals surface area contributed by atoms with E-state index in [0.717, 1.165) is 16.8 Å². The van der Waals surface area contributed by atoms with E-state index in [-0.39, 0.29) is 0 Å². The van der Waals surface area contributed by atoms with Crippen LogP contribution in [0.1, 0.15) is 16.8 Å². The molecule has 0 fully saturated rings. The van der Waals surface area contributed by atoms with Crippen molar-refractivity contribution in [3.05, 3.63) is 49.5 Å². The van der Waals surface area contributed by atoms with E-state index in [4.69, 9.17) is 39.5 Å². The third kappa shape index (κ3) is 3.40. The van der Waals surface area contributed by atoms with Crippen LogP contribution in [0.4, 0.5) is 0 Å². The molecule has 0 amide bonds. The number of aromatic nitrogens is 1.